The first-order chi connectivity index (χ1) is 12.9. The highest BCUT2D eigenvalue weighted by atomic mass is 35.5. The Morgan fingerprint density at radius 1 is 1.30 bits per heavy atom. The molecule has 0 radical (unpaired) electrons. The minimum Gasteiger partial charge on any atom is -0.450 e. The maximum absolute atomic E-state index is 12.3. The van der Waals surface area contributed by atoms with Gasteiger partial charge in [-0.25, -0.2) is 4.99 Å². The van der Waals surface area contributed by atoms with Crippen LogP contribution in [0, 0.1) is 0 Å². The molecule has 27 heavy (non-hydrogen) atoms. The van der Waals surface area contributed by atoms with Crippen LogP contribution in [0.2, 0.25) is 5.02 Å². The van der Waals surface area contributed by atoms with E-state index in [1.54, 1.807) is 12.1 Å². The van der Waals surface area contributed by atoms with Crippen molar-refractivity contribution in [1.82, 2.24) is 4.90 Å². The molecule has 4 rings (SSSR count). The predicted molar refractivity (Wildman–Crippen MR) is 110 cm³/mol. The zero-order valence-electron chi connectivity index (χ0n) is 14.6. The molecule has 1 fully saturated rings. The number of nitrogens with zero attached hydrogens (tertiary/aromatic N) is 2. The lowest BCUT2D eigenvalue weighted by molar-refractivity contribution is -0.123. The number of amides is 2. The van der Waals surface area contributed by atoms with Crippen molar-refractivity contribution in [2.24, 2.45) is 4.99 Å². The third-order valence-electron chi connectivity index (χ3n) is 4.10. The summed E-state index contributed by atoms with van der Waals surface area (Å²) in [4.78, 5) is 30.5. The summed E-state index contributed by atoms with van der Waals surface area (Å²) in [5.41, 5.74) is 1.91. The third-order valence-corrected chi connectivity index (χ3v) is 6.23. The fourth-order valence-electron chi connectivity index (χ4n) is 2.85. The Morgan fingerprint density at radius 3 is 2.81 bits per heavy atom. The molecule has 138 valence electrons. The molecule has 0 N–H and O–H groups in total. The summed E-state index contributed by atoms with van der Waals surface area (Å²) in [6.07, 6.45) is 2.28. The normalized spacial score (nSPS) is 18.0. The van der Waals surface area contributed by atoms with E-state index in [1.165, 1.54) is 16.7 Å². The molecule has 3 heterocycles. The van der Waals surface area contributed by atoms with Crippen LogP contribution in [-0.4, -0.2) is 27.1 Å². The van der Waals surface area contributed by atoms with E-state index in [0.717, 1.165) is 28.1 Å². The van der Waals surface area contributed by atoms with Gasteiger partial charge in [0.15, 0.2) is 5.09 Å². The van der Waals surface area contributed by atoms with Gasteiger partial charge in [-0.3, -0.25) is 14.5 Å². The van der Waals surface area contributed by atoms with Gasteiger partial charge in [-0.05, 0) is 61.6 Å². The van der Waals surface area contributed by atoms with Gasteiger partial charge in [-0.15, -0.1) is 0 Å². The van der Waals surface area contributed by atoms with Gasteiger partial charge in [0.05, 0.1) is 15.6 Å². The van der Waals surface area contributed by atoms with Crippen molar-refractivity contribution in [3.05, 3.63) is 51.6 Å². The Morgan fingerprint density at radius 2 is 2.11 bits per heavy atom. The molecule has 1 aromatic heterocycles. The van der Waals surface area contributed by atoms with E-state index in [2.05, 4.69) is 4.99 Å². The molecule has 0 aliphatic carbocycles. The SMILES string of the molecule is CC(C)N1C(=O)S/C(=C\c2ccc(SC3=Nc4cccc(Cl)c4C3)o2)C1=O. The first-order valence-electron chi connectivity index (χ1n) is 8.32. The van der Waals surface area contributed by atoms with E-state index in [-0.39, 0.29) is 17.2 Å². The van der Waals surface area contributed by atoms with Crippen molar-refractivity contribution in [2.75, 3.05) is 0 Å². The van der Waals surface area contributed by atoms with Gasteiger partial charge >= 0.3 is 0 Å². The zero-order valence-corrected chi connectivity index (χ0v) is 17.0. The Hall–Kier alpha value is -1.96. The number of aliphatic imine (C=N–C) groups is 1. The van der Waals surface area contributed by atoms with E-state index >= 15 is 0 Å². The summed E-state index contributed by atoms with van der Waals surface area (Å²) in [7, 11) is 0. The van der Waals surface area contributed by atoms with Crippen LogP contribution in [0.25, 0.3) is 6.08 Å². The van der Waals surface area contributed by atoms with Crippen LogP contribution in [0.15, 0.2) is 49.7 Å². The van der Waals surface area contributed by atoms with E-state index in [4.69, 9.17) is 16.0 Å². The second-order valence-electron chi connectivity index (χ2n) is 6.32. The Bertz CT molecular complexity index is 1010. The maximum atomic E-state index is 12.3. The van der Waals surface area contributed by atoms with E-state index in [9.17, 15) is 9.59 Å². The smallest absolute Gasteiger partial charge is 0.293 e. The molecule has 0 bridgehead atoms. The standard InChI is InChI=1S/C19H15ClN2O3S2/c1-10(2)22-18(23)15(26-19(22)24)8-11-6-7-17(25-11)27-16-9-12-13(20)4-3-5-14(12)21-16/h3-8,10H,9H2,1-2H3/b15-8-. The molecule has 2 amide bonds. The van der Waals surface area contributed by atoms with Gasteiger partial charge in [0, 0.05) is 29.1 Å². The average Bonchev–Trinajstić information content (AvgIpc) is 3.27. The number of hydrogen-bond donors (Lipinski definition) is 0. The number of fused-ring (bicyclic) bond motifs is 1. The topological polar surface area (TPSA) is 62.9 Å². The summed E-state index contributed by atoms with van der Waals surface area (Å²) < 4.78 is 5.79. The van der Waals surface area contributed by atoms with Crippen LogP contribution >= 0.6 is 35.1 Å². The van der Waals surface area contributed by atoms with Gasteiger partial charge < -0.3 is 4.42 Å². The molecule has 0 unspecified atom stereocenters. The average molecular weight is 419 g/mol. The molecule has 0 spiro atoms. The van der Waals surface area contributed by atoms with Crippen LogP contribution in [0.5, 0.6) is 0 Å². The quantitative estimate of drug-likeness (QED) is 0.593. The predicted octanol–water partition coefficient (Wildman–Crippen LogP) is 5.76. The van der Waals surface area contributed by atoms with Crippen LogP contribution < -0.4 is 0 Å². The highest BCUT2D eigenvalue weighted by Crippen LogP contribution is 2.38. The van der Waals surface area contributed by atoms with E-state index in [0.29, 0.717) is 27.2 Å². The molecular weight excluding hydrogens is 404 g/mol. The number of carbonyl (C=O) groups excluding carboxylic acids is 2. The molecular formula is C19H15ClN2O3S2. The summed E-state index contributed by atoms with van der Waals surface area (Å²) in [6, 6.07) is 9.12. The Kier molecular flexibility index (Phi) is 4.92. The fraction of sp³-hybridized carbons (Fsp3) is 0.211. The number of hydrogen-bond acceptors (Lipinski definition) is 6. The monoisotopic (exact) mass is 418 g/mol. The fourth-order valence-corrected chi connectivity index (χ4v) is 4.89. The minimum absolute atomic E-state index is 0.167. The summed E-state index contributed by atoms with van der Waals surface area (Å²) >= 11 is 8.58. The van der Waals surface area contributed by atoms with Gasteiger partial charge in [0.1, 0.15) is 5.76 Å². The zero-order chi connectivity index (χ0) is 19.1. The third kappa shape index (κ3) is 3.59. The largest absolute Gasteiger partial charge is 0.450 e. The molecule has 0 atom stereocenters. The number of thioether (sulfide) groups is 2. The highest BCUT2D eigenvalue weighted by molar-refractivity contribution is 8.18. The number of rotatable bonds is 3. The summed E-state index contributed by atoms with van der Waals surface area (Å²) in [5.74, 6) is 0.247. The van der Waals surface area contributed by atoms with Crippen molar-refractivity contribution in [3.8, 4) is 0 Å². The van der Waals surface area contributed by atoms with E-state index < -0.39 is 0 Å². The Balaban J connectivity index is 1.48. The summed E-state index contributed by atoms with van der Waals surface area (Å²) in [6.45, 7) is 3.63. The van der Waals surface area contributed by atoms with E-state index in [1.807, 2.05) is 38.1 Å². The lowest BCUT2D eigenvalue weighted by Gasteiger charge is -2.16. The first-order valence-corrected chi connectivity index (χ1v) is 10.3. The molecule has 8 heteroatoms. The maximum Gasteiger partial charge on any atom is 0.293 e. The van der Waals surface area contributed by atoms with Crippen LogP contribution in [0.3, 0.4) is 0 Å². The second kappa shape index (κ2) is 7.22. The number of benzene rings is 1. The second-order valence-corrected chi connectivity index (χ2v) is 8.80. The minimum atomic E-state index is -0.282. The number of carbonyl (C=O) groups is 2. The number of furan rings is 1. The highest BCUT2D eigenvalue weighted by Gasteiger charge is 2.36. The molecule has 0 saturated carbocycles. The van der Waals surface area contributed by atoms with Gasteiger partial charge in [0.2, 0.25) is 0 Å². The Labute approximate surface area is 169 Å². The van der Waals surface area contributed by atoms with Crippen LogP contribution in [-0.2, 0) is 11.2 Å². The molecule has 2 aromatic rings. The van der Waals surface area contributed by atoms with Crippen molar-refractivity contribution in [1.29, 1.82) is 0 Å². The summed E-state index contributed by atoms with van der Waals surface area (Å²) in [5, 5.41) is 2.04. The van der Waals surface area contributed by atoms with Crippen molar-refractivity contribution >= 4 is 63.1 Å². The van der Waals surface area contributed by atoms with Crippen molar-refractivity contribution in [3.63, 3.8) is 0 Å². The van der Waals surface area contributed by atoms with Gasteiger partial charge in [-0.2, -0.15) is 0 Å². The van der Waals surface area contributed by atoms with Crippen molar-refractivity contribution < 1.29 is 14.0 Å². The molecule has 1 saturated heterocycles. The van der Waals surface area contributed by atoms with Crippen LogP contribution in [0.1, 0.15) is 25.2 Å². The van der Waals surface area contributed by atoms with Crippen molar-refractivity contribution in [2.45, 2.75) is 31.4 Å². The van der Waals surface area contributed by atoms with Gasteiger partial charge in [0.25, 0.3) is 11.1 Å². The van der Waals surface area contributed by atoms with Crippen LogP contribution in [0.4, 0.5) is 10.5 Å². The van der Waals surface area contributed by atoms with Gasteiger partial charge in [-0.1, -0.05) is 17.7 Å². The first kappa shape index (κ1) is 18.4. The molecule has 5 nitrogen and oxygen atoms in total. The molecule has 2 aliphatic rings. The molecule has 2 aliphatic heterocycles. The molecule has 1 aromatic carbocycles. The number of imide groups is 1. The lowest BCUT2D eigenvalue weighted by Crippen LogP contribution is -2.34. The lowest BCUT2D eigenvalue weighted by atomic mass is 10.1. The number of halogens is 1.